The third-order valence-corrected chi connectivity index (χ3v) is 6.52. The monoisotopic (exact) mass is 460 g/mol. The van der Waals surface area contributed by atoms with Crippen LogP contribution in [0.2, 0.25) is 0 Å². The quantitative estimate of drug-likeness (QED) is 0.398. The van der Waals surface area contributed by atoms with Crippen LogP contribution < -0.4 is 5.32 Å². The summed E-state index contributed by atoms with van der Waals surface area (Å²) < 4.78 is 0. The fourth-order valence-corrected chi connectivity index (χ4v) is 4.44. The number of hydrogen-bond acceptors (Lipinski definition) is 3. The number of aryl methyl sites for hydroxylation is 1. The van der Waals surface area contributed by atoms with Gasteiger partial charge < -0.3 is 10.2 Å². The minimum absolute atomic E-state index is 0.0420. The highest BCUT2D eigenvalue weighted by Gasteiger charge is 2.30. The summed E-state index contributed by atoms with van der Waals surface area (Å²) >= 11 is 1.50. The van der Waals surface area contributed by atoms with E-state index < -0.39 is 6.04 Å². The molecule has 1 unspecified atom stereocenters. The topological polar surface area (TPSA) is 49.4 Å². The molecule has 0 bridgehead atoms. The zero-order valence-electron chi connectivity index (χ0n) is 19.4. The molecule has 0 radical (unpaired) electrons. The summed E-state index contributed by atoms with van der Waals surface area (Å²) in [7, 11) is 0. The molecule has 1 N–H and O–H groups in total. The van der Waals surface area contributed by atoms with Crippen molar-refractivity contribution in [1.29, 1.82) is 0 Å². The predicted octanol–water partition coefficient (Wildman–Crippen LogP) is 5.25. The number of amides is 2. The lowest BCUT2D eigenvalue weighted by molar-refractivity contribution is -0.139. The molecule has 3 rings (SSSR count). The molecule has 5 heteroatoms. The van der Waals surface area contributed by atoms with Gasteiger partial charge in [0, 0.05) is 24.4 Å². The van der Waals surface area contributed by atoms with Crippen LogP contribution in [0.25, 0.3) is 0 Å². The molecule has 0 spiro atoms. The Kier molecular flexibility index (Phi) is 9.58. The standard InChI is InChI=1S/C28H32N2O2S/c1-3-18-29-28(32)26(19-23-13-6-4-7-14-23)30(20-24-15-11-10-12-22(24)2)27(31)21-33-25-16-8-5-9-17-25/h4-17,26H,3,18-21H2,1-2H3,(H,29,32). The number of rotatable bonds is 11. The van der Waals surface area contributed by atoms with Gasteiger partial charge >= 0.3 is 0 Å². The highest BCUT2D eigenvalue weighted by molar-refractivity contribution is 8.00. The number of thioether (sulfide) groups is 1. The summed E-state index contributed by atoms with van der Waals surface area (Å²) in [5, 5.41) is 3.02. The molecule has 2 amide bonds. The van der Waals surface area contributed by atoms with Gasteiger partial charge in [-0.05, 0) is 42.2 Å². The first-order valence-electron chi connectivity index (χ1n) is 11.4. The summed E-state index contributed by atoms with van der Waals surface area (Å²) in [6.07, 6.45) is 1.32. The fourth-order valence-electron chi connectivity index (χ4n) is 3.64. The van der Waals surface area contributed by atoms with Crippen molar-refractivity contribution >= 4 is 23.6 Å². The summed E-state index contributed by atoms with van der Waals surface area (Å²) in [6, 6.07) is 27.3. The number of carbonyl (C=O) groups excluding carboxylic acids is 2. The van der Waals surface area contributed by atoms with Gasteiger partial charge in [-0.3, -0.25) is 9.59 Å². The molecule has 0 saturated heterocycles. The number of benzene rings is 3. The van der Waals surface area contributed by atoms with Gasteiger partial charge in [0.05, 0.1) is 5.75 Å². The zero-order valence-corrected chi connectivity index (χ0v) is 20.2. The highest BCUT2D eigenvalue weighted by atomic mass is 32.2. The Morgan fingerprint density at radius 2 is 1.55 bits per heavy atom. The van der Waals surface area contributed by atoms with E-state index in [1.165, 1.54) is 11.8 Å². The Bertz CT molecular complexity index is 1020. The van der Waals surface area contributed by atoms with E-state index in [0.29, 0.717) is 19.5 Å². The van der Waals surface area contributed by atoms with E-state index in [1.807, 2.05) is 98.8 Å². The van der Waals surface area contributed by atoms with Crippen LogP contribution in [0.1, 0.15) is 30.0 Å². The largest absolute Gasteiger partial charge is 0.354 e. The molecule has 0 aliphatic rings. The molecule has 1 atom stereocenters. The molecule has 3 aromatic rings. The van der Waals surface area contributed by atoms with Crippen molar-refractivity contribution in [3.63, 3.8) is 0 Å². The minimum Gasteiger partial charge on any atom is -0.354 e. The van der Waals surface area contributed by atoms with Gasteiger partial charge in [-0.2, -0.15) is 0 Å². The first-order valence-corrected chi connectivity index (χ1v) is 12.4. The van der Waals surface area contributed by atoms with Crippen LogP contribution in [0.15, 0.2) is 89.8 Å². The van der Waals surface area contributed by atoms with Gasteiger partial charge in [-0.1, -0.05) is 79.7 Å². The Balaban J connectivity index is 1.89. The van der Waals surface area contributed by atoms with Gasteiger partial charge in [-0.15, -0.1) is 11.8 Å². The van der Waals surface area contributed by atoms with Gasteiger partial charge in [0.2, 0.25) is 11.8 Å². The molecule has 0 fully saturated rings. The van der Waals surface area contributed by atoms with Crippen LogP contribution in [0, 0.1) is 6.92 Å². The second-order valence-electron chi connectivity index (χ2n) is 8.05. The second-order valence-corrected chi connectivity index (χ2v) is 9.10. The van der Waals surface area contributed by atoms with E-state index in [9.17, 15) is 9.59 Å². The van der Waals surface area contributed by atoms with E-state index >= 15 is 0 Å². The average Bonchev–Trinajstić information content (AvgIpc) is 2.85. The molecule has 0 aliphatic carbocycles. The molecule has 0 aromatic heterocycles. The van der Waals surface area contributed by atoms with Crippen LogP contribution in [0.4, 0.5) is 0 Å². The lowest BCUT2D eigenvalue weighted by atomic mass is 10.0. The molecule has 3 aromatic carbocycles. The Hall–Kier alpha value is -3.05. The van der Waals surface area contributed by atoms with E-state index in [-0.39, 0.29) is 17.6 Å². The Morgan fingerprint density at radius 3 is 2.21 bits per heavy atom. The first-order chi connectivity index (χ1) is 16.1. The van der Waals surface area contributed by atoms with E-state index in [1.54, 1.807) is 4.90 Å². The Labute approximate surface area is 201 Å². The first kappa shape index (κ1) is 24.6. The molecule has 33 heavy (non-hydrogen) atoms. The van der Waals surface area contributed by atoms with Crippen molar-refractivity contribution in [2.24, 2.45) is 0 Å². The molecule has 4 nitrogen and oxygen atoms in total. The van der Waals surface area contributed by atoms with Gasteiger partial charge in [0.1, 0.15) is 6.04 Å². The van der Waals surface area contributed by atoms with Crippen LogP contribution in [-0.2, 0) is 22.6 Å². The number of nitrogens with one attached hydrogen (secondary N) is 1. The van der Waals surface area contributed by atoms with Crippen molar-refractivity contribution in [3.05, 3.63) is 102 Å². The van der Waals surface area contributed by atoms with Crippen LogP contribution in [0.3, 0.4) is 0 Å². The summed E-state index contributed by atoms with van der Waals surface area (Å²) in [5.74, 6) is 0.134. The summed E-state index contributed by atoms with van der Waals surface area (Å²) in [5.41, 5.74) is 3.20. The second kappa shape index (κ2) is 12.9. The van der Waals surface area contributed by atoms with Crippen molar-refractivity contribution in [2.45, 2.75) is 44.2 Å². The normalized spacial score (nSPS) is 11.6. The molecule has 0 saturated carbocycles. The van der Waals surface area contributed by atoms with Crippen LogP contribution in [-0.4, -0.2) is 35.1 Å². The third kappa shape index (κ3) is 7.50. The Morgan fingerprint density at radius 1 is 0.909 bits per heavy atom. The van der Waals surface area contributed by atoms with E-state index in [0.717, 1.165) is 28.0 Å². The minimum atomic E-state index is -0.581. The number of hydrogen-bond donors (Lipinski definition) is 1. The SMILES string of the molecule is CCCNC(=O)C(Cc1ccccc1)N(Cc1ccccc1C)C(=O)CSc1ccccc1. The highest BCUT2D eigenvalue weighted by Crippen LogP contribution is 2.21. The summed E-state index contributed by atoms with van der Waals surface area (Å²) in [4.78, 5) is 29.7. The zero-order chi connectivity index (χ0) is 23.5. The average molecular weight is 461 g/mol. The molecule has 0 heterocycles. The van der Waals surface area contributed by atoms with Crippen molar-refractivity contribution < 1.29 is 9.59 Å². The lowest BCUT2D eigenvalue weighted by Crippen LogP contribution is -2.51. The lowest BCUT2D eigenvalue weighted by Gasteiger charge is -2.32. The number of carbonyl (C=O) groups is 2. The maximum atomic E-state index is 13.6. The number of nitrogens with zero attached hydrogens (tertiary/aromatic N) is 1. The van der Waals surface area contributed by atoms with E-state index in [2.05, 4.69) is 5.32 Å². The van der Waals surface area contributed by atoms with E-state index in [4.69, 9.17) is 0 Å². The van der Waals surface area contributed by atoms with Crippen molar-refractivity contribution in [3.8, 4) is 0 Å². The fraction of sp³-hybridized carbons (Fsp3) is 0.286. The molecular formula is C28H32N2O2S. The maximum Gasteiger partial charge on any atom is 0.243 e. The molecule has 0 aliphatic heterocycles. The van der Waals surface area contributed by atoms with Gasteiger partial charge in [-0.25, -0.2) is 0 Å². The third-order valence-electron chi connectivity index (χ3n) is 5.53. The van der Waals surface area contributed by atoms with Gasteiger partial charge in [0.15, 0.2) is 0 Å². The van der Waals surface area contributed by atoms with Gasteiger partial charge in [0.25, 0.3) is 0 Å². The maximum absolute atomic E-state index is 13.6. The van der Waals surface area contributed by atoms with Crippen LogP contribution in [0.5, 0.6) is 0 Å². The van der Waals surface area contributed by atoms with Crippen molar-refractivity contribution in [2.75, 3.05) is 12.3 Å². The predicted molar refractivity (Wildman–Crippen MR) is 136 cm³/mol. The molecular weight excluding hydrogens is 428 g/mol. The molecule has 172 valence electrons. The van der Waals surface area contributed by atoms with Crippen molar-refractivity contribution in [1.82, 2.24) is 10.2 Å². The summed E-state index contributed by atoms with van der Waals surface area (Å²) in [6.45, 7) is 5.06. The smallest absolute Gasteiger partial charge is 0.243 e. The van der Waals surface area contributed by atoms with Crippen LogP contribution >= 0.6 is 11.8 Å².